The molecule has 3 aromatic rings. The molecular weight excluding hydrogens is 310 g/mol. The Morgan fingerprint density at radius 3 is 2.91 bits per heavy atom. The first-order valence-electron chi connectivity index (χ1n) is 6.82. The summed E-state index contributed by atoms with van der Waals surface area (Å²) in [6, 6.07) is 9.89. The SMILES string of the molecule is Cc1nc(-c2cccc(NC=C(C#N)c3nn[nH]n3)c2)sc1C. The molecule has 0 aliphatic heterocycles. The minimum absolute atomic E-state index is 0.252. The number of H-pyrrole nitrogens is 1. The monoisotopic (exact) mass is 323 g/mol. The van der Waals surface area contributed by atoms with E-state index in [4.69, 9.17) is 5.26 Å². The van der Waals surface area contributed by atoms with Crippen molar-refractivity contribution in [2.45, 2.75) is 13.8 Å². The van der Waals surface area contributed by atoms with Gasteiger partial charge in [0, 0.05) is 22.3 Å². The lowest BCUT2D eigenvalue weighted by Gasteiger charge is -2.03. The summed E-state index contributed by atoms with van der Waals surface area (Å²) in [4.78, 5) is 5.77. The Bertz CT molecular complexity index is 867. The van der Waals surface area contributed by atoms with E-state index in [0.717, 1.165) is 22.0 Å². The van der Waals surface area contributed by atoms with Crippen molar-refractivity contribution < 1.29 is 0 Å². The van der Waals surface area contributed by atoms with Crippen LogP contribution in [0.2, 0.25) is 0 Å². The molecule has 0 bridgehead atoms. The van der Waals surface area contributed by atoms with Gasteiger partial charge in [0.25, 0.3) is 0 Å². The first kappa shape index (κ1) is 14.9. The zero-order valence-corrected chi connectivity index (χ0v) is 13.3. The molecule has 8 heteroatoms. The summed E-state index contributed by atoms with van der Waals surface area (Å²) >= 11 is 1.66. The highest BCUT2D eigenvalue weighted by Gasteiger charge is 2.08. The van der Waals surface area contributed by atoms with Gasteiger partial charge in [0.1, 0.15) is 16.6 Å². The van der Waals surface area contributed by atoms with Gasteiger partial charge in [0.15, 0.2) is 0 Å². The van der Waals surface area contributed by atoms with Crippen LogP contribution in [0, 0.1) is 25.2 Å². The van der Waals surface area contributed by atoms with Crippen molar-refractivity contribution in [2.24, 2.45) is 0 Å². The minimum Gasteiger partial charge on any atom is -0.360 e. The van der Waals surface area contributed by atoms with Gasteiger partial charge in [0.2, 0.25) is 5.82 Å². The number of thiazole rings is 1. The number of nitriles is 1. The topological polar surface area (TPSA) is 103 Å². The second-order valence-electron chi connectivity index (χ2n) is 4.79. The number of allylic oxidation sites excluding steroid dienone is 1. The number of hydrogen-bond acceptors (Lipinski definition) is 7. The predicted molar refractivity (Wildman–Crippen MR) is 88.4 cm³/mol. The number of nitrogens with one attached hydrogen (secondary N) is 2. The van der Waals surface area contributed by atoms with Crippen molar-refractivity contribution in [2.75, 3.05) is 5.32 Å². The zero-order valence-electron chi connectivity index (χ0n) is 12.5. The van der Waals surface area contributed by atoms with Gasteiger partial charge in [0.05, 0.1) is 5.69 Å². The number of hydrogen-bond donors (Lipinski definition) is 2. The Balaban J connectivity index is 1.84. The van der Waals surface area contributed by atoms with Gasteiger partial charge < -0.3 is 5.32 Å². The molecule has 0 aliphatic rings. The van der Waals surface area contributed by atoms with Gasteiger partial charge in [-0.05, 0) is 31.2 Å². The van der Waals surface area contributed by atoms with Crippen molar-refractivity contribution >= 4 is 22.6 Å². The zero-order chi connectivity index (χ0) is 16.2. The largest absolute Gasteiger partial charge is 0.360 e. The molecule has 0 saturated heterocycles. The quantitative estimate of drug-likeness (QED) is 0.716. The third-order valence-electron chi connectivity index (χ3n) is 3.23. The predicted octanol–water partition coefficient (Wildman–Crippen LogP) is 2.92. The average Bonchev–Trinajstić information content (AvgIpc) is 3.19. The minimum atomic E-state index is 0.252. The Labute approximate surface area is 136 Å². The van der Waals surface area contributed by atoms with Gasteiger partial charge in [-0.1, -0.05) is 12.1 Å². The van der Waals surface area contributed by atoms with Gasteiger partial charge in [-0.3, -0.25) is 0 Å². The first-order chi connectivity index (χ1) is 11.2. The van der Waals surface area contributed by atoms with Crippen molar-refractivity contribution in [3.8, 4) is 16.6 Å². The van der Waals surface area contributed by atoms with E-state index in [-0.39, 0.29) is 5.82 Å². The standard InChI is InChI=1S/C15H13N7S/c1-9-10(2)23-15(18-9)11-4-3-5-13(6-11)17-8-12(7-16)14-19-21-22-20-14/h3-6,8,17H,1-2H3,(H,19,20,21,22). The molecule has 0 aliphatic carbocycles. The number of aryl methyl sites for hydroxylation is 2. The smallest absolute Gasteiger partial charge is 0.216 e. The van der Waals surface area contributed by atoms with Gasteiger partial charge in [-0.2, -0.15) is 10.5 Å². The van der Waals surface area contributed by atoms with E-state index in [9.17, 15) is 0 Å². The van der Waals surface area contributed by atoms with Crippen LogP contribution in [0.4, 0.5) is 5.69 Å². The molecule has 7 nitrogen and oxygen atoms in total. The third kappa shape index (κ3) is 3.25. The summed E-state index contributed by atoms with van der Waals surface area (Å²) in [5.74, 6) is 0.252. The van der Waals surface area contributed by atoms with Gasteiger partial charge in [-0.15, -0.1) is 21.5 Å². The fraction of sp³-hybridized carbons (Fsp3) is 0.133. The van der Waals surface area contributed by atoms with Gasteiger partial charge >= 0.3 is 0 Å². The molecule has 2 heterocycles. The highest BCUT2D eigenvalue weighted by molar-refractivity contribution is 7.15. The molecule has 0 saturated carbocycles. The van der Waals surface area contributed by atoms with Crippen LogP contribution >= 0.6 is 11.3 Å². The molecule has 1 aromatic carbocycles. The van der Waals surface area contributed by atoms with E-state index in [1.807, 2.05) is 37.3 Å². The van der Waals surface area contributed by atoms with Crippen molar-refractivity contribution in [1.82, 2.24) is 25.6 Å². The maximum atomic E-state index is 9.15. The van der Waals surface area contributed by atoms with E-state index in [1.54, 1.807) is 17.5 Å². The Morgan fingerprint density at radius 2 is 2.26 bits per heavy atom. The van der Waals surface area contributed by atoms with E-state index in [1.165, 1.54) is 4.88 Å². The Hall–Kier alpha value is -3.05. The highest BCUT2D eigenvalue weighted by Crippen LogP contribution is 2.29. The molecule has 0 spiro atoms. The molecule has 0 atom stereocenters. The molecule has 2 N–H and O–H groups in total. The lowest BCUT2D eigenvalue weighted by atomic mass is 10.2. The fourth-order valence-corrected chi connectivity index (χ4v) is 2.83. The highest BCUT2D eigenvalue weighted by atomic mass is 32.1. The maximum Gasteiger partial charge on any atom is 0.216 e. The summed E-state index contributed by atoms with van der Waals surface area (Å²) in [6.07, 6.45) is 1.56. The Kier molecular flexibility index (Phi) is 4.12. The number of anilines is 1. The lowest BCUT2D eigenvalue weighted by Crippen LogP contribution is -1.93. The van der Waals surface area contributed by atoms with Crippen LogP contribution in [0.1, 0.15) is 16.4 Å². The number of rotatable bonds is 4. The summed E-state index contributed by atoms with van der Waals surface area (Å²) < 4.78 is 0. The van der Waals surface area contributed by atoms with E-state index in [2.05, 4.69) is 37.8 Å². The van der Waals surface area contributed by atoms with Gasteiger partial charge in [-0.25, -0.2) is 4.98 Å². The molecule has 23 heavy (non-hydrogen) atoms. The summed E-state index contributed by atoms with van der Waals surface area (Å²) in [5.41, 5.74) is 3.23. The van der Waals surface area contributed by atoms with Crippen LogP contribution in [-0.2, 0) is 0 Å². The number of nitrogens with zero attached hydrogens (tertiary/aromatic N) is 5. The lowest BCUT2D eigenvalue weighted by molar-refractivity contribution is 0.881. The van der Waals surface area contributed by atoms with Crippen LogP contribution in [0.15, 0.2) is 30.5 Å². The number of aromatic nitrogens is 5. The van der Waals surface area contributed by atoms with E-state index >= 15 is 0 Å². The van der Waals surface area contributed by atoms with Crippen molar-refractivity contribution in [3.63, 3.8) is 0 Å². The van der Waals surface area contributed by atoms with E-state index < -0.39 is 0 Å². The molecule has 114 valence electrons. The third-order valence-corrected chi connectivity index (χ3v) is 4.35. The van der Waals surface area contributed by atoms with Crippen molar-refractivity contribution in [1.29, 1.82) is 5.26 Å². The summed E-state index contributed by atoms with van der Waals surface area (Å²) in [6.45, 7) is 4.07. The van der Waals surface area contributed by atoms with Crippen LogP contribution in [0.3, 0.4) is 0 Å². The normalized spacial score (nSPS) is 11.3. The molecular formula is C15H13N7S. The fourth-order valence-electron chi connectivity index (χ4n) is 1.92. The number of benzene rings is 1. The van der Waals surface area contributed by atoms with E-state index in [0.29, 0.717) is 5.57 Å². The molecule has 0 radical (unpaired) electrons. The number of tetrazole rings is 1. The molecule has 0 amide bonds. The molecule has 0 unspecified atom stereocenters. The summed E-state index contributed by atoms with van der Waals surface area (Å²) in [5, 5.41) is 26.6. The van der Waals surface area contributed by atoms with Crippen LogP contribution in [-0.4, -0.2) is 25.6 Å². The van der Waals surface area contributed by atoms with Crippen molar-refractivity contribution in [3.05, 3.63) is 46.9 Å². The van der Waals surface area contributed by atoms with Crippen LogP contribution < -0.4 is 5.32 Å². The second-order valence-corrected chi connectivity index (χ2v) is 5.99. The maximum absolute atomic E-state index is 9.15. The second kappa shape index (κ2) is 6.37. The van der Waals surface area contributed by atoms with Crippen LogP contribution in [0.25, 0.3) is 16.1 Å². The van der Waals surface area contributed by atoms with Crippen LogP contribution in [0.5, 0.6) is 0 Å². The Morgan fingerprint density at radius 1 is 1.39 bits per heavy atom. The first-order valence-corrected chi connectivity index (χ1v) is 7.64. The average molecular weight is 323 g/mol. The summed E-state index contributed by atoms with van der Waals surface area (Å²) in [7, 11) is 0. The molecule has 0 fully saturated rings. The number of aromatic amines is 1. The molecule has 2 aromatic heterocycles. The molecule has 3 rings (SSSR count).